The SMILES string of the molecule is CC=CC(=O)OCCCCCCCCCCCCCCC[Si](Br)(Br)Br. The molecule has 0 aliphatic rings. The van der Waals surface area contributed by atoms with Crippen molar-refractivity contribution < 1.29 is 9.53 Å². The molecule has 0 spiro atoms. The van der Waals surface area contributed by atoms with Crippen molar-refractivity contribution >= 4 is 55.8 Å². The van der Waals surface area contributed by atoms with Crippen molar-refractivity contribution in [1.82, 2.24) is 0 Å². The number of hydrogen-bond donors (Lipinski definition) is 0. The van der Waals surface area contributed by atoms with Gasteiger partial charge in [-0.3, -0.25) is 0 Å². The van der Waals surface area contributed by atoms with Gasteiger partial charge in [-0.1, -0.05) is 129 Å². The van der Waals surface area contributed by atoms with Crippen molar-refractivity contribution in [1.29, 1.82) is 0 Å². The first-order chi connectivity index (χ1) is 12.0. The molecular formula is C19H35Br3O2Si. The summed E-state index contributed by atoms with van der Waals surface area (Å²) in [5.74, 6) is -0.216. The number of rotatable bonds is 17. The van der Waals surface area contributed by atoms with Crippen LogP contribution in [0.25, 0.3) is 0 Å². The first-order valence-corrected chi connectivity index (χ1v) is 18.8. The number of allylic oxidation sites excluding steroid dienone is 1. The maximum Gasteiger partial charge on any atom is 0.330 e. The molecule has 0 bridgehead atoms. The van der Waals surface area contributed by atoms with Gasteiger partial charge in [0.15, 0.2) is 0 Å². The molecule has 6 heteroatoms. The van der Waals surface area contributed by atoms with Crippen molar-refractivity contribution in [3.8, 4) is 0 Å². The van der Waals surface area contributed by atoms with Crippen LogP contribution in [-0.2, 0) is 9.53 Å². The first-order valence-electron chi connectivity index (χ1n) is 9.82. The number of ether oxygens (including phenoxy) is 1. The second-order valence-electron chi connectivity index (χ2n) is 6.63. The van der Waals surface area contributed by atoms with Crippen molar-refractivity contribution in [2.24, 2.45) is 0 Å². The molecule has 0 aromatic carbocycles. The lowest BCUT2D eigenvalue weighted by Gasteiger charge is -2.08. The average Bonchev–Trinajstić information content (AvgIpc) is 2.53. The summed E-state index contributed by atoms with van der Waals surface area (Å²) in [6.45, 7) is 2.39. The molecule has 0 aliphatic heterocycles. The van der Waals surface area contributed by atoms with E-state index in [4.69, 9.17) is 4.74 Å². The standard InChI is InChI=1S/C19H35Br3O2Si/c1-2-16-19(23)24-17-14-12-10-8-6-4-3-5-7-9-11-13-15-18-25(20,21)22/h2,16H,3-15,17-18H2,1H3. The van der Waals surface area contributed by atoms with Crippen molar-refractivity contribution in [2.45, 2.75) is 96.4 Å². The Morgan fingerprint density at radius 1 is 0.760 bits per heavy atom. The van der Waals surface area contributed by atoms with Gasteiger partial charge in [0.1, 0.15) is 0 Å². The Bertz CT molecular complexity index is 344. The summed E-state index contributed by atoms with van der Waals surface area (Å²) in [5, 5.41) is 0. The fourth-order valence-corrected chi connectivity index (χ4v) is 5.90. The van der Waals surface area contributed by atoms with Crippen LogP contribution in [0, 0.1) is 0 Å². The molecule has 0 fully saturated rings. The van der Waals surface area contributed by atoms with Crippen molar-refractivity contribution in [2.75, 3.05) is 6.61 Å². The van der Waals surface area contributed by atoms with Crippen LogP contribution < -0.4 is 0 Å². The Morgan fingerprint density at radius 2 is 1.16 bits per heavy atom. The molecule has 0 aromatic heterocycles. The second kappa shape index (κ2) is 18.2. The van der Waals surface area contributed by atoms with E-state index in [2.05, 4.69) is 45.9 Å². The van der Waals surface area contributed by atoms with Crippen molar-refractivity contribution in [3.63, 3.8) is 0 Å². The third-order valence-corrected chi connectivity index (χ3v) is 8.64. The first kappa shape index (κ1) is 25.9. The summed E-state index contributed by atoms with van der Waals surface area (Å²) >= 11 is 11.0. The van der Waals surface area contributed by atoms with E-state index in [1.54, 1.807) is 6.08 Å². The number of carbonyl (C=O) groups is 1. The zero-order chi connectivity index (χ0) is 18.8. The topological polar surface area (TPSA) is 26.3 Å². The molecule has 0 aromatic rings. The smallest absolute Gasteiger partial charge is 0.330 e. The van der Waals surface area contributed by atoms with Gasteiger partial charge in [-0.05, 0) is 19.4 Å². The molecule has 0 saturated heterocycles. The predicted octanol–water partition coefficient (Wildman–Crippen LogP) is 8.30. The Hall–Kier alpha value is 0.867. The zero-order valence-corrected chi connectivity index (χ0v) is 21.5. The fourth-order valence-electron chi connectivity index (χ4n) is 2.73. The lowest BCUT2D eigenvalue weighted by molar-refractivity contribution is -0.137. The molecule has 2 nitrogen and oxygen atoms in total. The van der Waals surface area contributed by atoms with Crippen LogP contribution in [0.15, 0.2) is 12.2 Å². The molecule has 148 valence electrons. The second-order valence-corrected chi connectivity index (χ2v) is 30.1. The highest BCUT2D eigenvalue weighted by atomic mass is 80.0. The van der Waals surface area contributed by atoms with E-state index < -0.39 is 3.93 Å². The molecule has 0 heterocycles. The summed E-state index contributed by atoms with van der Waals surface area (Å²) in [6.07, 6.45) is 20.3. The summed E-state index contributed by atoms with van der Waals surface area (Å²) in [6, 6.07) is 1.26. The highest BCUT2D eigenvalue weighted by Gasteiger charge is 2.20. The largest absolute Gasteiger partial charge is 0.463 e. The number of carbonyl (C=O) groups excluding carboxylic acids is 1. The number of hydrogen-bond acceptors (Lipinski definition) is 2. The Labute approximate surface area is 179 Å². The van der Waals surface area contributed by atoms with E-state index in [1.165, 1.54) is 89.2 Å². The number of halogens is 3. The number of esters is 1. The average molecular weight is 563 g/mol. The third kappa shape index (κ3) is 22.8. The van der Waals surface area contributed by atoms with Gasteiger partial charge in [0.2, 0.25) is 0 Å². The van der Waals surface area contributed by atoms with Gasteiger partial charge in [-0.2, -0.15) is 0 Å². The van der Waals surface area contributed by atoms with Crippen LogP contribution in [0.5, 0.6) is 0 Å². The van der Waals surface area contributed by atoms with E-state index in [9.17, 15) is 4.79 Å². The van der Waals surface area contributed by atoms with Gasteiger partial charge in [0.25, 0.3) is 3.93 Å². The molecule has 0 saturated carbocycles. The van der Waals surface area contributed by atoms with Gasteiger partial charge < -0.3 is 4.74 Å². The summed E-state index contributed by atoms with van der Waals surface area (Å²) in [4.78, 5) is 11.1. The fraction of sp³-hybridized carbons (Fsp3) is 0.842. The quantitative estimate of drug-likeness (QED) is 0.0586. The summed E-state index contributed by atoms with van der Waals surface area (Å²) < 4.78 is 3.72. The molecule has 0 aliphatic carbocycles. The van der Waals surface area contributed by atoms with Crippen LogP contribution in [-0.4, -0.2) is 16.5 Å². The monoisotopic (exact) mass is 560 g/mol. The van der Waals surface area contributed by atoms with E-state index in [1.807, 2.05) is 6.92 Å². The Balaban J connectivity index is 3.11. The molecule has 0 rings (SSSR count). The Morgan fingerprint density at radius 3 is 1.56 bits per heavy atom. The number of unbranched alkanes of at least 4 members (excludes halogenated alkanes) is 12. The van der Waals surface area contributed by atoms with E-state index in [0.717, 1.165) is 6.42 Å². The normalized spacial score (nSPS) is 12.0. The molecule has 0 unspecified atom stereocenters. The van der Waals surface area contributed by atoms with Crippen molar-refractivity contribution in [3.05, 3.63) is 12.2 Å². The molecule has 0 radical (unpaired) electrons. The van der Waals surface area contributed by atoms with Gasteiger partial charge >= 0.3 is 5.97 Å². The third-order valence-electron chi connectivity index (χ3n) is 4.15. The minimum Gasteiger partial charge on any atom is -0.463 e. The van der Waals surface area contributed by atoms with Crippen LogP contribution in [0.1, 0.15) is 90.4 Å². The van der Waals surface area contributed by atoms with Crippen LogP contribution in [0.2, 0.25) is 6.04 Å². The van der Waals surface area contributed by atoms with E-state index in [0.29, 0.717) is 6.61 Å². The molecular weight excluding hydrogens is 528 g/mol. The van der Waals surface area contributed by atoms with Gasteiger partial charge in [-0.15, -0.1) is 0 Å². The van der Waals surface area contributed by atoms with E-state index in [-0.39, 0.29) is 5.97 Å². The minimum absolute atomic E-state index is 0.216. The van der Waals surface area contributed by atoms with Crippen LogP contribution in [0.3, 0.4) is 0 Å². The van der Waals surface area contributed by atoms with Gasteiger partial charge in [-0.25, -0.2) is 4.79 Å². The highest BCUT2D eigenvalue weighted by Crippen LogP contribution is 2.33. The van der Waals surface area contributed by atoms with Crippen LogP contribution in [0.4, 0.5) is 0 Å². The summed E-state index contributed by atoms with van der Waals surface area (Å²) in [5.41, 5.74) is 0. The molecule has 0 N–H and O–H groups in total. The lowest BCUT2D eigenvalue weighted by Crippen LogP contribution is -2.04. The predicted molar refractivity (Wildman–Crippen MR) is 123 cm³/mol. The molecule has 0 amide bonds. The summed E-state index contributed by atoms with van der Waals surface area (Å²) in [7, 11) is 0. The lowest BCUT2D eigenvalue weighted by atomic mass is 10.0. The maximum atomic E-state index is 11.1. The minimum atomic E-state index is -1.36. The van der Waals surface area contributed by atoms with Crippen LogP contribution >= 0.6 is 45.9 Å². The van der Waals surface area contributed by atoms with E-state index >= 15 is 0 Å². The van der Waals surface area contributed by atoms with Gasteiger partial charge in [0, 0.05) is 6.08 Å². The zero-order valence-electron chi connectivity index (χ0n) is 15.7. The maximum absolute atomic E-state index is 11.1. The Kier molecular flexibility index (Phi) is 18.9. The van der Waals surface area contributed by atoms with Gasteiger partial charge in [0.05, 0.1) is 6.61 Å². The molecule has 25 heavy (non-hydrogen) atoms. The highest BCUT2D eigenvalue weighted by molar-refractivity contribution is 9.72. The molecule has 0 atom stereocenters.